The van der Waals surface area contributed by atoms with Crippen molar-refractivity contribution in [3.05, 3.63) is 48.1 Å². The molecule has 9 nitrogen and oxygen atoms in total. The first-order valence-electron chi connectivity index (χ1n) is 6.71. The highest BCUT2D eigenvalue weighted by Crippen LogP contribution is 2.22. The summed E-state index contributed by atoms with van der Waals surface area (Å²) < 4.78 is 7.02. The van der Waals surface area contributed by atoms with Gasteiger partial charge in [0.15, 0.2) is 11.6 Å². The Hall–Kier alpha value is -3.04. The lowest BCUT2D eigenvalue weighted by molar-refractivity contribution is -0.124. The predicted molar refractivity (Wildman–Crippen MR) is 78.2 cm³/mol. The molecule has 0 saturated carbocycles. The number of hydroxylamine groups is 1. The predicted octanol–water partition coefficient (Wildman–Crippen LogP) is 0.520. The number of hydrogen-bond acceptors (Lipinski definition) is 7. The number of carbonyl (C=O) groups excluding carboxylic acids is 1. The summed E-state index contributed by atoms with van der Waals surface area (Å²) in [6, 6.07) is 6.62. The smallest absolute Gasteiger partial charge is 0.267 e. The average Bonchev–Trinajstić information content (AvgIpc) is 3.20. The highest BCUT2D eigenvalue weighted by Gasteiger charge is 2.20. The lowest BCUT2D eigenvalue weighted by Gasteiger charge is -2.08. The second-order valence-corrected chi connectivity index (χ2v) is 4.65. The number of oxazole rings is 1. The number of benzene rings is 1. The fraction of sp³-hybridized carbons (Fsp3) is 0.143. The van der Waals surface area contributed by atoms with Crippen LogP contribution in [0.1, 0.15) is 17.6 Å². The van der Waals surface area contributed by atoms with Crippen molar-refractivity contribution in [2.45, 2.75) is 6.04 Å². The molecule has 1 atom stereocenters. The van der Waals surface area contributed by atoms with Crippen LogP contribution in [0.25, 0.3) is 17.2 Å². The second-order valence-electron chi connectivity index (χ2n) is 4.65. The fourth-order valence-corrected chi connectivity index (χ4v) is 2.02. The van der Waals surface area contributed by atoms with Crippen LogP contribution in [0.2, 0.25) is 0 Å². The normalized spacial score (nSPS) is 12.8. The number of nitrogens with zero attached hydrogens (tertiary/aromatic N) is 4. The van der Waals surface area contributed by atoms with Crippen LogP contribution in [0.3, 0.4) is 0 Å². The zero-order chi connectivity index (χ0) is 16.2. The van der Waals surface area contributed by atoms with E-state index in [0.717, 1.165) is 6.08 Å². The molecule has 3 rings (SSSR count). The lowest BCUT2D eigenvalue weighted by Crippen LogP contribution is -2.15. The Morgan fingerprint density at radius 2 is 2.26 bits per heavy atom. The molecule has 0 saturated heterocycles. The summed E-state index contributed by atoms with van der Waals surface area (Å²) in [7, 11) is 0. The van der Waals surface area contributed by atoms with Gasteiger partial charge >= 0.3 is 0 Å². The average molecular weight is 315 g/mol. The van der Waals surface area contributed by atoms with Gasteiger partial charge in [0, 0.05) is 6.08 Å². The molecule has 3 N–H and O–H groups in total. The Balaban J connectivity index is 1.87. The van der Waals surface area contributed by atoms with Gasteiger partial charge in [-0.3, -0.25) is 10.0 Å². The van der Waals surface area contributed by atoms with Gasteiger partial charge in [-0.1, -0.05) is 17.3 Å². The summed E-state index contributed by atoms with van der Waals surface area (Å²) >= 11 is 0. The molecule has 23 heavy (non-hydrogen) atoms. The van der Waals surface area contributed by atoms with Gasteiger partial charge in [-0.25, -0.2) is 15.1 Å². The molecule has 0 bridgehead atoms. The van der Waals surface area contributed by atoms with E-state index in [2.05, 4.69) is 15.3 Å². The molecular weight excluding hydrogens is 302 g/mol. The van der Waals surface area contributed by atoms with E-state index in [1.54, 1.807) is 12.1 Å². The molecule has 0 spiro atoms. The Morgan fingerprint density at radius 3 is 3.00 bits per heavy atom. The summed E-state index contributed by atoms with van der Waals surface area (Å²) in [6.45, 7) is -0.281. The SMILES string of the molecule is O=C(C=Cc1cn(C(CO)c2nc3ccccc3o2)nn1)NO. The minimum Gasteiger partial charge on any atom is -0.438 e. The standard InChI is InChI=1S/C14H13N5O4/c20-8-11(14-15-10-3-1-2-4-12(10)23-14)19-7-9(16-18-19)5-6-13(21)17-22/h1-7,11,20,22H,8H2,(H,17,21). The van der Waals surface area contributed by atoms with Crippen LogP contribution < -0.4 is 5.48 Å². The largest absolute Gasteiger partial charge is 0.438 e. The summed E-state index contributed by atoms with van der Waals surface area (Å²) in [5.41, 5.74) is 3.14. The van der Waals surface area contributed by atoms with Gasteiger partial charge in [0.1, 0.15) is 11.2 Å². The Kier molecular flexibility index (Phi) is 4.13. The van der Waals surface area contributed by atoms with Crippen molar-refractivity contribution in [1.29, 1.82) is 0 Å². The zero-order valence-corrected chi connectivity index (χ0v) is 11.8. The number of hydrogen-bond donors (Lipinski definition) is 3. The Labute approximate surface area is 129 Å². The maximum absolute atomic E-state index is 10.9. The van der Waals surface area contributed by atoms with Gasteiger partial charge in [0.05, 0.1) is 12.8 Å². The first-order chi connectivity index (χ1) is 11.2. The lowest BCUT2D eigenvalue weighted by atomic mass is 10.3. The van der Waals surface area contributed by atoms with Crippen molar-refractivity contribution < 1.29 is 19.5 Å². The molecule has 0 aliphatic rings. The van der Waals surface area contributed by atoms with Crippen LogP contribution in [0, 0.1) is 0 Å². The molecular formula is C14H13N5O4. The quantitative estimate of drug-likeness (QED) is 0.356. The fourth-order valence-electron chi connectivity index (χ4n) is 2.02. The van der Waals surface area contributed by atoms with Crippen molar-refractivity contribution in [2.24, 2.45) is 0 Å². The first-order valence-corrected chi connectivity index (χ1v) is 6.71. The summed E-state index contributed by atoms with van der Waals surface area (Å²) in [5.74, 6) is -0.376. The third-order valence-electron chi connectivity index (χ3n) is 3.13. The maximum Gasteiger partial charge on any atom is 0.267 e. The molecule has 1 aromatic carbocycles. The highest BCUT2D eigenvalue weighted by molar-refractivity contribution is 5.90. The number of para-hydroxylation sites is 2. The van der Waals surface area contributed by atoms with Crippen molar-refractivity contribution in [3.63, 3.8) is 0 Å². The van der Waals surface area contributed by atoms with Crippen LogP contribution in [0.15, 0.2) is 41.0 Å². The van der Waals surface area contributed by atoms with Gasteiger partial charge < -0.3 is 9.52 Å². The van der Waals surface area contributed by atoms with Crippen molar-refractivity contribution in [3.8, 4) is 0 Å². The molecule has 3 aromatic rings. The second kappa shape index (κ2) is 6.38. The number of carbonyl (C=O) groups is 1. The van der Waals surface area contributed by atoms with Gasteiger partial charge in [-0.15, -0.1) is 5.10 Å². The van der Waals surface area contributed by atoms with Crippen LogP contribution in [0.4, 0.5) is 0 Å². The van der Waals surface area contributed by atoms with E-state index in [1.165, 1.54) is 22.4 Å². The van der Waals surface area contributed by atoms with Crippen LogP contribution in [-0.4, -0.2) is 42.8 Å². The van der Waals surface area contributed by atoms with Crippen LogP contribution >= 0.6 is 0 Å². The molecule has 0 aliphatic heterocycles. The third-order valence-corrected chi connectivity index (χ3v) is 3.13. The molecule has 0 fully saturated rings. The van der Waals surface area contributed by atoms with Crippen LogP contribution in [0.5, 0.6) is 0 Å². The van der Waals surface area contributed by atoms with E-state index in [-0.39, 0.29) is 6.61 Å². The van der Waals surface area contributed by atoms with E-state index < -0.39 is 11.9 Å². The summed E-state index contributed by atoms with van der Waals surface area (Å²) in [4.78, 5) is 15.3. The molecule has 1 amide bonds. The van der Waals surface area contributed by atoms with Crippen molar-refractivity contribution >= 4 is 23.1 Å². The monoisotopic (exact) mass is 315 g/mol. The Morgan fingerprint density at radius 1 is 1.43 bits per heavy atom. The highest BCUT2D eigenvalue weighted by atomic mass is 16.5. The molecule has 0 radical (unpaired) electrons. The number of amides is 1. The number of aromatic nitrogens is 4. The molecule has 2 heterocycles. The molecule has 0 aliphatic carbocycles. The van der Waals surface area contributed by atoms with Gasteiger partial charge in [0.25, 0.3) is 5.91 Å². The van der Waals surface area contributed by atoms with Crippen molar-refractivity contribution in [2.75, 3.05) is 6.61 Å². The first kappa shape index (κ1) is 14.9. The molecule has 1 unspecified atom stereocenters. The van der Waals surface area contributed by atoms with Gasteiger partial charge in [0.2, 0.25) is 5.89 Å². The topological polar surface area (TPSA) is 126 Å². The van der Waals surface area contributed by atoms with E-state index in [0.29, 0.717) is 22.7 Å². The van der Waals surface area contributed by atoms with Gasteiger partial charge in [-0.2, -0.15) is 0 Å². The van der Waals surface area contributed by atoms with E-state index in [9.17, 15) is 9.90 Å². The summed E-state index contributed by atoms with van der Waals surface area (Å²) in [6.07, 6.45) is 3.99. The van der Waals surface area contributed by atoms with E-state index in [1.807, 2.05) is 12.1 Å². The third kappa shape index (κ3) is 3.10. The number of aliphatic hydroxyl groups is 1. The minimum atomic E-state index is -0.683. The number of aliphatic hydroxyl groups excluding tert-OH is 1. The summed E-state index contributed by atoms with van der Waals surface area (Å²) in [5, 5.41) is 25.8. The van der Waals surface area contributed by atoms with Crippen LogP contribution in [-0.2, 0) is 4.79 Å². The number of fused-ring (bicyclic) bond motifs is 1. The minimum absolute atomic E-state index is 0.281. The zero-order valence-electron chi connectivity index (χ0n) is 11.8. The molecule has 9 heteroatoms. The van der Waals surface area contributed by atoms with E-state index >= 15 is 0 Å². The number of rotatable bonds is 5. The van der Waals surface area contributed by atoms with E-state index in [4.69, 9.17) is 9.62 Å². The van der Waals surface area contributed by atoms with Gasteiger partial charge in [-0.05, 0) is 18.2 Å². The Bertz CT molecular complexity index is 821. The maximum atomic E-state index is 10.9. The molecule has 118 valence electrons. The number of nitrogens with one attached hydrogen (secondary N) is 1. The molecule has 2 aromatic heterocycles. The van der Waals surface area contributed by atoms with Crippen molar-refractivity contribution in [1.82, 2.24) is 25.5 Å².